The molecule has 0 saturated carbocycles. The van der Waals surface area contributed by atoms with Crippen LogP contribution in [0.3, 0.4) is 0 Å². The van der Waals surface area contributed by atoms with E-state index >= 15 is 0 Å². The number of rotatable bonds is 4. The molecule has 5 nitrogen and oxygen atoms in total. The number of nitrogens with zero attached hydrogens (tertiary/aromatic N) is 1. The summed E-state index contributed by atoms with van der Waals surface area (Å²) in [5.41, 5.74) is 1.52. The molecule has 1 aliphatic rings. The Morgan fingerprint density at radius 3 is 2.68 bits per heavy atom. The second kappa shape index (κ2) is 6.54. The molecular weight excluding hydrogens is 246 g/mol. The lowest BCUT2D eigenvalue weighted by molar-refractivity contribution is 0.0338. The zero-order chi connectivity index (χ0) is 13.7. The highest BCUT2D eigenvalue weighted by Crippen LogP contribution is 2.20. The van der Waals surface area contributed by atoms with Crippen molar-refractivity contribution in [2.24, 2.45) is 0 Å². The molecule has 1 heterocycles. The summed E-state index contributed by atoms with van der Waals surface area (Å²) >= 11 is 0. The second-order valence-electron chi connectivity index (χ2n) is 4.40. The summed E-state index contributed by atoms with van der Waals surface area (Å²) in [6, 6.07) is 5.41. The standard InChI is InChI=1S/C14H19NO4/c1-17-12-3-4-13(14(16)18-2)11(9-12)10-15-5-7-19-8-6-15/h3-4,9H,5-8,10H2,1-2H3. The third-order valence-corrected chi connectivity index (χ3v) is 3.22. The molecule has 0 atom stereocenters. The van der Waals surface area contributed by atoms with Crippen molar-refractivity contribution in [2.45, 2.75) is 6.54 Å². The third-order valence-electron chi connectivity index (χ3n) is 3.22. The minimum Gasteiger partial charge on any atom is -0.497 e. The summed E-state index contributed by atoms with van der Waals surface area (Å²) < 4.78 is 15.4. The van der Waals surface area contributed by atoms with Crippen LogP contribution in [0.4, 0.5) is 0 Å². The molecule has 1 aromatic rings. The fourth-order valence-electron chi connectivity index (χ4n) is 2.14. The molecule has 0 amide bonds. The first kappa shape index (κ1) is 13.8. The van der Waals surface area contributed by atoms with Gasteiger partial charge in [-0.2, -0.15) is 0 Å². The van der Waals surface area contributed by atoms with Gasteiger partial charge in [0.15, 0.2) is 0 Å². The monoisotopic (exact) mass is 265 g/mol. The predicted octanol–water partition coefficient (Wildman–Crippen LogP) is 1.31. The maximum atomic E-state index is 11.8. The van der Waals surface area contributed by atoms with Gasteiger partial charge in [0.2, 0.25) is 0 Å². The molecular formula is C14H19NO4. The van der Waals surface area contributed by atoms with Crippen molar-refractivity contribution < 1.29 is 19.0 Å². The van der Waals surface area contributed by atoms with E-state index in [0.29, 0.717) is 12.1 Å². The molecule has 0 bridgehead atoms. The van der Waals surface area contributed by atoms with Crippen LogP contribution >= 0.6 is 0 Å². The van der Waals surface area contributed by atoms with E-state index < -0.39 is 0 Å². The van der Waals surface area contributed by atoms with Gasteiger partial charge in [0, 0.05) is 19.6 Å². The van der Waals surface area contributed by atoms with Crippen LogP contribution in [-0.2, 0) is 16.0 Å². The fourth-order valence-corrected chi connectivity index (χ4v) is 2.14. The molecule has 5 heteroatoms. The van der Waals surface area contributed by atoms with Crippen molar-refractivity contribution in [1.29, 1.82) is 0 Å². The van der Waals surface area contributed by atoms with Gasteiger partial charge in [0.05, 0.1) is 33.0 Å². The van der Waals surface area contributed by atoms with Gasteiger partial charge in [-0.3, -0.25) is 4.90 Å². The highest BCUT2D eigenvalue weighted by molar-refractivity contribution is 5.91. The summed E-state index contributed by atoms with van der Waals surface area (Å²) in [5.74, 6) is 0.432. The normalized spacial score (nSPS) is 16.1. The molecule has 19 heavy (non-hydrogen) atoms. The van der Waals surface area contributed by atoms with Crippen LogP contribution < -0.4 is 4.74 Å². The van der Waals surface area contributed by atoms with E-state index in [1.165, 1.54) is 7.11 Å². The van der Waals surface area contributed by atoms with Gasteiger partial charge in [-0.1, -0.05) is 0 Å². The topological polar surface area (TPSA) is 48.0 Å². The Morgan fingerprint density at radius 1 is 1.32 bits per heavy atom. The molecule has 0 N–H and O–H groups in total. The van der Waals surface area contributed by atoms with Crippen molar-refractivity contribution in [2.75, 3.05) is 40.5 Å². The zero-order valence-electron chi connectivity index (χ0n) is 11.3. The molecule has 1 aliphatic heterocycles. The Morgan fingerprint density at radius 2 is 2.05 bits per heavy atom. The average Bonchev–Trinajstić information content (AvgIpc) is 2.47. The van der Waals surface area contributed by atoms with Gasteiger partial charge >= 0.3 is 5.97 Å². The molecule has 2 rings (SSSR count). The number of ether oxygens (including phenoxy) is 3. The van der Waals surface area contributed by atoms with Crippen LogP contribution in [0.5, 0.6) is 5.75 Å². The Balaban J connectivity index is 2.21. The molecule has 104 valence electrons. The number of esters is 1. The van der Waals surface area contributed by atoms with E-state index in [0.717, 1.165) is 37.6 Å². The SMILES string of the molecule is COC(=O)c1ccc(OC)cc1CN1CCOCC1. The first-order valence-electron chi connectivity index (χ1n) is 6.30. The van der Waals surface area contributed by atoms with Crippen molar-refractivity contribution >= 4 is 5.97 Å². The van der Waals surface area contributed by atoms with Gasteiger partial charge in [-0.05, 0) is 23.8 Å². The van der Waals surface area contributed by atoms with Crippen LogP contribution in [-0.4, -0.2) is 51.4 Å². The summed E-state index contributed by atoms with van der Waals surface area (Å²) in [7, 11) is 3.01. The van der Waals surface area contributed by atoms with Crippen LogP contribution in [0.1, 0.15) is 15.9 Å². The average molecular weight is 265 g/mol. The minimum atomic E-state index is -0.314. The van der Waals surface area contributed by atoms with Crippen molar-refractivity contribution in [3.8, 4) is 5.75 Å². The van der Waals surface area contributed by atoms with E-state index in [-0.39, 0.29) is 5.97 Å². The molecule has 0 unspecified atom stereocenters. The summed E-state index contributed by atoms with van der Waals surface area (Å²) in [5, 5.41) is 0. The first-order valence-corrected chi connectivity index (χ1v) is 6.30. The Bertz CT molecular complexity index is 441. The Labute approximate surface area is 113 Å². The van der Waals surface area contributed by atoms with Gasteiger partial charge < -0.3 is 14.2 Å². The van der Waals surface area contributed by atoms with Gasteiger partial charge in [0.25, 0.3) is 0 Å². The highest BCUT2D eigenvalue weighted by atomic mass is 16.5. The number of morpholine rings is 1. The van der Waals surface area contributed by atoms with Crippen LogP contribution in [0, 0.1) is 0 Å². The molecule has 0 spiro atoms. The fraction of sp³-hybridized carbons (Fsp3) is 0.500. The van der Waals surface area contributed by atoms with Crippen molar-refractivity contribution in [3.63, 3.8) is 0 Å². The minimum absolute atomic E-state index is 0.314. The molecule has 1 aromatic carbocycles. The van der Waals surface area contributed by atoms with Gasteiger partial charge in [-0.25, -0.2) is 4.79 Å². The summed E-state index contributed by atoms with van der Waals surface area (Å²) in [6.45, 7) is 3.91. The van der Waals surface area contributed by atoms with Crippen LogP contribution in [0.25, 0.3) is 0 Å². The number of methoxy groups -OCH3 is 2. The maximum absolute atomic E-state index is 11.8. The van der Waals surface area contributed by atoms with Crippen molar-refractivity contribution in [1.82, 2.24) is 4.90 Å². The predicted molar refractivity (Wildman–Crippen MR) is 70.4 cm³/mol. The van der Waals surface area contributed by atoms with E-state index in [1.54, 1.807) is 19.2 Å². The summed E-state index contributed by atoms with van der Waals surface area (Å²) in [4.78, 5) is 14.0. The molecule has 0 aliphatic carbocycles. The van der Waals surface area contributed by atoms with E-state index in [4.69, 9.17) is 14.2 Å². The number of carbonyl (C=O) groups excluding carboxylic acids is 1. The first-order chi connectivity index (χ1) is 9.24. The molecule has 0 aromatic heterocycles. The highest BCUT2D eigenvalue weighted by Gasteiger charge is 2.17. The number of carbonyl (C=O) groups is 1. The molecule has 0 radical (unpaired) electrons. The zero-order valence-corrected chi connectivity index (χ0v) is 11.3. The second-order valence-corrected chi connectivity index (χ2v) is 4.40. The lowest BCUT2D eigenvalue weighted by Crippen LogP contribution is -2.36. The van der Waals surface area contributed by atoms with E-state index in [1.807, 2.05) is 6.07 Å². The smallest absolute Gasteiger partial charge is 0.338 e. The summed E-state index contributed by atoms with van der Waals surface area (Å²) in [6.07, 6.45) is 0. The van der Waals surface area contributed by atoms with Crippen molar-refractivity contribution in [3.05, 3.63) is 29.3 Å². The third kappa shape index (κ3) is 3.45. The number of benzene rings is 1. The Kier molecular flexibility index (Phi) is 4.76. The lowest BCUT2D eigenvalue weighted by Gasteiger charge is -2.27. The number of hydrogen-bond donors (Lipinski definition) is 0. The van der Waals surface area contributed by atoms with Gasteiger partial charge in [-0.15, -0.1) is 0 Å². The van der Waals surface area contributed by atoms with Crippen LogP contribution in [0.15, 0.2) is 18.2 Å². The van der Waals surface area contributed by atoms with E-state index in [9.17, 15) is 4.79 Å². The molecule has 1 saturated heterocycles. The maximum Gasteiger partial charge on any atom is 0.338 e. The van der Waals surface area contributed by atoms with Gasteiger partial charge in [0.1, 0.15) is 5.75 Å². The largest absolute Gasteiger partial charge is 0.497 e. The lowest BCUT2D eigenvalue weighted by atomic mass is 10.1. The Hall–Kier alpha value is -1.59. The number of hydrogen-bond acceptors (Lipinski definition) is 5. The van der Waals surface area contributed by atoms with E-state index in [2.05, 4.69) is 4.90 Å². The molecule has 1 fully saturated rings. The quantitative estimate of drug-likeness (QED) is 0.768. The van der Waals surface area contributed by atoms with Crippen LogP contribution in [0.2, 0.25) is 0 Å².